The molecule has 0 aliphatic heterocycles. The van der Waals surface area contributed by atoms with Crippen molar-refractivity contribution in [2.45, 2.75) is 51.0 Å². The molecule has 2 atom stereocenters. The summed E-state index contributed by atoms with van der Waals surface area (Å²) in [6.45, 7) is 5.16. The molecule has 0 heterocycles. The third kappa shape index (κ3) is 3.46. The van der Waals surface area contributed by atoms with E-state index in [4.69, 9.17) is 4.74 Å². The standard InChI is InChI=1S/C18H27NO2/c1-14(2)13-19-18(17(20)21-3)12-8-7-11-16(18)15-9-5-4-6-10-15/h4-6,9-10,14,16,19H,7-8,11-13H2,1-3H3. The highest BCUT2D eigenvalue weighted by atomic mass is 16.5. The Hall–Kier alpha value is -1.35. The summed E-state index contributed by atoms with van der Waals surface area (Å²) in [7, 11) is 1.50. The second kappa shape index (κ2) is 7.08. The smallest absolute Gasteiger partial charge is 0.326 e. The van der Waals surface area contributed by atoms with Gasteiger partial charge in [0.15, 0.2) is 0 Å². The summed E-state index contributed by atoms with van der Waals surface area (Å²) in [6.07, 6.45) is 4.13. The van der Waals surface area contributed by atoms with Gasteiger partial charge < -0.3 is 10.1 Å². The van der Waals surface area contributed by atoms with Crippen molar-refractivity contribution in [3.8, 4) is 0 Å². The molecule has 1 aromatic rings. The van der Waals surface area contributed by atoms with Crippen LogP contribution in [0.3, 0.4) is 0 Å². The van der Waals surface area contributed by atoms with Gasteiger partial charge in [0.05, 0.1) is 7.11 Å². The summed E-state index contributed by atoms with van der Waals surface area (Å²) in [6, 6.07) is 10.4. The van der Waals surface area contributed by atoms with Gasteiger partial charge in [-0.25, -0.2) is 0 Å². The third-order valence-corrected chi connectivity index (χ3v) is 4.49. The number of hydrogen-bond acceptors (Lipinski definition) is 3. The first-order valence-corrected chi connectivity index (χ1v) is 7.98. The number of carbonyl (C=O) groups excluding carboxylic acids is 1. The minimum atomic E-state index is -0.571. The van der Waals surface area contributed by atoms with Gasteiger partial charge in [-0.05, 0) is 30.9 Å². The summed E-state index contributed by atoms with van der Waals surface area (Å²) >= 11 is 0. The van der Waals surface area contributed by atoms with Crippen molar-refractivity contribution in [2.75, 3.05) is 13.7 Å². The molecule has 1 fully saturated rings. The minimum absolute atomic E-state index is 0.114. The van der Waals surface area contributed by atoms with Crippen molar-refractivity contribution in [2.24, 2.45) is 5.92 Å². The Morgan fingerprint density at radius 3 is 2.67 bits per heavy atom. The van der Waals surface area contributed by atoms with Crippen molar-refractivity contribution in [3.05, 3.63) is 35.9 Å². The van der Waals surface area contributed by atoms with E-state index in [0.29, 0.717) is 5.92 Å². The van der Waals surface area contributed by atoms with Crippen molar-refractivity contribution < 1.29 is 9.53 Å². The lowest BCUT2D eigenvalue weighted by atomic mass is 9.69. The van der Waals surface area contributed by atoms with Crippen LogP contribution in [0.2, 0.25) is 0 Å². The van der Waals surface area contributed by atoms with Crippen LogP contribution in [0.25, 0.3) is 0 Å². The molecule has 1 aromatic carbocycles. The first-order chi connectivity index (χ1) is 10.1. The normalized spacial score (nSPS) is 25.8. The fourth-order valence-electron chi connectivity index (χ4n) is 3.41. The highest BCUT2D eigenvalue weighted by Gasteiger charge is 2.48. The van der Waals surface area contributed by atoms with E-state index >= 15 is 0 Å². The number of methoxy groups -OCH3 is 1. The highest BCUT2D eigenvalue weighted by Crippen LogP contribution is 2.41. The Kier molecular flexibility index (Phi) is 5.40. The average Bonchev–Trinajstić information content (AvgIpc) is 2.53. The van der Waals surface area contributed by atoms with Crippen LogP contribution in [-0.4, -0.2) is 25.2 Å². The van der Waals surface area contributed by atoms with E-state index in [9.17, 15) is 4.79 Å². The van der Waals surface area contributed by atoms with Crippen LogP contribution in [0, 0.1) is 5.92 Å². The maximum Gasteiger partial charge on any atom is 0.326 e. The van der Waals surface area contributed by atoms with Gasteiger partial charge in [0.1, 0.15) is 5.54 Å². The molecule has 1 saturated carbocycles. The number of carbonyl (C=O) groups is 1. The van der Waals surface area contributed by atoms with E-state index in [1.165, 1.54) is 19.1 Å². The van der Waals surface area contributed by atoms with Crippen LogP contribution in [0.5, 0.6) is 0 Å². The number of nitrogens with one attached hydrogen (secondary N) is 1. The number of hydrogen-bond donors (Lipinski definition) is 1. The highest BCUT2D eigenvalue weighted by molar-refractivity contribution is 5.82. The molecule has 0 saturated heterocycles. The van der Waals surface area contributed by atoms with E-state index in [2.05, 4.69) is 43.4 Å². The lowest BCUT2D eigenvalue weighted by Crippen LogP contribution is -2.59. The van der Waals surface area contributed by atoms with Crippen LogP contribution in [0.1, 0.15) is 51.0 Å². The molecule has 1 aliphatic rings. The second-order valence-electron chi connectivity index (χ2n) is 6.45. The molecule has 1 N–H and O–H groups in total. The molecule has 1 aliphatic carbocycles. The summed E-state index contributed by atoms with van der Waals surface area (Å²) in [4.78, 5) is 12.6. The van der Waals surface area contributed by atoms with Gasteiger partial charge in [0, 0.05) is 5.92 Å². The molecule has 0 aromatic heterocycles. The Bertz CT molecular complexity index is 458. The van der Waals surface area contributed by atoms with E-state index in [1.807, 2.05) is 6.07 Å². The largest absolute Gasteiger partial charge is 0.468 e. The molecular formula is C18H27NO2. The summed E-state index contributed by atoms with van der Waals surface area (Å²) in [5.41, 5.74) is 0.664. The lowest BCUT2D eigenvalue weighted by Gasteiger charge is -2.43. The third-order valence-electron chi connectivity index (χ3n) is 4.49. The van der Waals surface area contributed by atoms with Gasteiger partial charge in [0.25, 0.3) is 0 Å². The fraction of sp³-hybridized carbons (Fsp3) is 0.611. The zero-order valence-electron chi connectivity index (χ0n) is 13.4. The molecular weight excluding hydrogens is 262 g/mol. The van der Waals surface area contributed by atoms with Crippen molar-refractivity contribution in [3.63, 3.8) is 0 Å². The maximum atomic E-state index is 12.6. The molecule has 3 nitrogen and oxygen atoms in total. The SMILES string of the molecule is COC(=O)C1(NCC(C)C)CCCCC1c1ccccc1. The van der Waals surface area contributed by atoms with Crippen LogP contribution in [0.15, 0.2) is 30.3 Å². The van der Waals surface area contributed by atoms with Gasteiger partial charge in [-0.15, -0.1) is 0 Å². The summed E-state index contributed by atoms with van der Waals surface area (Å²) < 4.78 is 5.18. The Morgan fingerprint density at radius 2 is 2.05 bits per heavy atom. The zero-order chi connectivity index (χ0) is 15.3. The van der Waals surface area contributed by atoms with Crippen LogP contribution >= 0.6 is 0 Å². The number of benzene rings is 1. The molecule has 3 heteroatoms. The van der Waals surface area contributed by atoms with Crippen LogP contribution < -0.4 is 5.32 Å². The first-order valence-electron chi connectivity index (χ1n) is 7.98. The molecule has 2 unspecified atom stereocenters. The molecule has 0 bridgehead atoms. The maximum absolute atomic E-state index is 12.6. The quantitative estimate of drug-likeness (QED) is 0.843. The van der Waals surface area contributed by atoms with Crippen LogP contribution in [-0.2, 0) is 9.53 Å². The Morgan fingerprint density at radius 1 is 1.33 bits per heavy atom. The van der Waals surface area contributed by atoms with Gasteiger partial charge in [-0.1, -0.05) is 57.0 Å². The van der Waals surface area contributed by atoms with Gasteiger partial charge >= 0.3 is 5.97 Å². The molecule has 116 valence electrons. The monoisotopic (exact) mass is 289 g/mol. The molecule has 0 amide bonds. The van der Waals surface area contributed by atoms with Crippen molar-refractivity contribution >= 4 is 5.97 Å². The summed E-state index contributed by atoms with van der Waals surface area (Å²) in [5.74, 6) is 0.584. The lowest BCUT2D eigenvalue weighted by molar-refractivity contribution is -0.151. The average molecular weight is 289 g/mol. The molecule has 0 spiro atoms. The zero-order valence-corrected chi connectivity index (χ0v) is 13.4. The number of rotatable bonds is 5. The second-order valence-corrected chi connectivity index (χ2v) is 6.45. The van der Waals surface area contributed by atoms with Gasteiger partial charge in [-0.2, -0.15) is 0 Å². The van der Waals surface area contributed by atoms with Crippen LogP contribution in [0.4, 0.5) is 0 Å². The number of ether oxygens (including phenoxy) is 1. The fourth-order valence-corrected chi connectivity index (χ4v) is 3.41. The predicted molar refractivity (Wildman–Crippen MR) is 85.2 cm³/mol. The van der Waals surface area contributed by atoms with E-state index in [1.54, 1.807) is 0 Å². The Labute approximate surface area is 128 Å². The number of esters is 1. The van der Waals surface area contributed by atoms with E-state index < -0.39 is 5.54 Å². The van der Waals surface area contributed by atoms with Crippen molar-refractivity contribution in [1.29, 1.82) is 0 Å². The minimum Gasteiger partial charge on any atom is -0.468 e. The molecule has 2 rings (SSSR count). The topological polar surface area (TPSA) is 38.3 Å². The molecule has 0 radical (unpaired) electrons. The van der Waals surface area contributed by atoms with E-state index in [0.717, 1.165) is 25.8 Å². The van der Waals surface area contributed by atoms with Gasteiger partial charge in [0.2, 0.25) is 0 Å². The predicted octanol–water partition coefficient (Wildman–Crippen LogP) is 3.50. The molecule has 21 heavy (non-hydrogen) atoms. The van der Waals surface area contributed by atoms with Gasteiger partial charge in [-0.3, -0.25) is 4.79 Å². The van der Waals surface area contributed by atoms with E-state index in [-0.39, 0.29) is 11.9 Å². The van der Waals surface area contributed by atoms with Crippen molar-refractivity contribution in [1.82, 2.24) is 5.32 Å². The summed E-state index contributed by atoms with van der Waals surface area (Å²) in [5, 5.41) is 3.56. The first kappa shape index (κ1) is 16.0. The Balaban J connectivity index is 2.35.